The Bertz CT molecular complexity index is 958. The molecule has 6 nitrogen and oxygen atoms in total. The maximum Gasteiger partial charge on any atom is 0.433 e. The van der Waals surface area contributed by atoms with Crippen molar-refractivity contribution in [1.82, 2.24) is 15.0 Å². The highest BCUT2D eigenvalue weighted by atomic mass is 19.4. The van der Waals surface area contributed by atoms with Gasteiger partial charge in [-0.2, -0.15) is 13.2 Å². The van der Waals surface area contributed by atoms with Crippen molar-refractivity contribution in [2.75, 3.05) is 10.6 Å². The third-order valence-corrected chi connectivity index (χ3v) is 3.46. The first kappa shape index (κ1) is 18.3. The minimum absolute atomic E-state index is 0.0236. The smallest absolute Gasteiger partial charge is 0.326 e. The lowest BCUT2D eigenvalue weighted by Crippen LogP contribution is -2.09. The standard InChI is InChI=1S/C18H14F3N5O/c1-11(27)24-13-7-5-12(6-8-13)14-9-17(23-10-22-14)26-16-4-2-3-15(25-16)18(19,20)21/h2-10H,1H3,(H,24,27)(H,22,23,25,26). The number of nitrogens with one attached hydrogen (secondary N) is 2. The maximum absolute atomic E-state index is 12.8. The van der Waals surface area contributed by atoms with Crippen LogP contribution in [-0.2, 0) is 11.0 Å². The fourth-order valence-corrected chi connectivity index (χ4v) is 2.30. The Hall–Kier alpha value is -3.49. The zero-order valence-corrected chi connectivity index (χ0v) is 14.1. The normalized spacial score (nSPS) is 11.1. The van der Waals surface area contributed by atoms with Crippen molar-refractivity contribution in [3.63, 3.8) is 0 Å². The molecule has 27 heavy (non-hydrogen) atoms. The van der Waals surface area contributed by atoms with Gasteiger partial charge in [0.25, 0.3) is 0 Å². The summed E-state index contributed by atoms with van der Waals surface area (Å²) in [6.07, 6.45) is -3.23. The minimum atomic E-state index is -4.52. The highest BCUT2D eigenvalue weighted by molar-refractivity contribution is 5.88. The number of benzene rings is 1. The van der Waals surface area contributed by atoms with Crippen LogP contribution in [0.3, 0.4) is 0 Å². The number of pyridine rings is 1. The number of amides is 1. The molecule has 0 bridgehead atoms. The van der Waals surface area contributed by atoms with E-state index in [1.165, 1.54) is 25.4 Å². The molecule has 9 heteroatoms. The Kier molecular flexibility index (Phi) is 5.02. The van der Waals surface area contributed by atoms with Crippen LogP contribution in [0.4, 0.5) is 30.5 Å². The molecule has 0 atom stereocenters. The molecule has 3 rings (SSSR count). The Morgan fingerprint density at radius 3 is 2.41 bits per heavy atom. The number of alkyl halides is 3. The number of carbonyl (C=O) groups excluding carboxylic acids is 1. The second kappa shape index (κ2) is 7.40. The summed E-state index contributed by atoms with van der Waals surface area (Å²) in [4.78, 5) is 22.8. The summed E-state index contributed by atoms with van der Waals surface area (Å²) in [7, 11) is 0. The average Bonchev–Trinajstić information content (AvgIpc) is 2.62. The fourth-order valence-electron chi connectivity index (χ4n) is 2.30. The number of hydrogen-bond acceptors (Lipinski definition) is 5. The van der Waals surface area contributed by atoms with Crippen LogP contribution in [0.1, 0.15) is 12.6 Å². The molecule has 0 aliphatic rings. The summed E-state index contributed by atoms with van der Waals surface area (Å²) in [5.74, 6) is 0.151. The molecule has 0 aliphatic carbocycles. The van der Waals surface area contributed by atoms with E-state index in [4.69, 9.17) is 0 Å². The lowest BCUT2D eigenvalue weighted by Gasteiger charge is -2.10. The van der Waals surface area contributed by atoms with Gasteiger partial charge in [0.2, 0.25) is 5.91 Å². The van der Waals surface area contributed by atoms with E-state index in [0.29, 0.717) is 17.2 Å². The summed E-state index contributed by atoms with van der Waals surface area (Å²) in [6, 6.07) is 12.1. The predicted molar refractivity (Wildman–Crippen MR) is 94.3 cm³/mol. The number of nitrogens with zero attached hydrogens (tertiary/aromatic N) is 3. The third-order valence-electron chi connectivity index (χ3n) is 3.46. The van der Waals surface area contributed by atoms with Crippen LogP contribution in [-0.4, -0.2) is 20.9 Å². The SMILES string of the molecule is CC(=O)Nc1ccc(-c2cc(Nc3cccc(C(F)(F)F)n3)ncn2)cc1. The van der Waals surface area contributed by atoms with E-state index in [2.05, 4.69) is 25.6 Å². The quantitative estimate of drug-likeness (QED) is 0.714. The van der Waals surface area contributed by atoms with Crippen LogP contribution >= 0.6 is 0 Å². The monoisotopic (exact) mass is 373 g/mol. The molecular formula is C18H14F3N5O. The fraction of sp³-hybridized carbons (Fsp3) is 0.111. The van der Waals surface area contributed by atoms with Crippen LogP contribution < -0.4 is 10.6 Å². The summed E-state index contributed by atoms with van der Waals surface area (Å²) < 4.78 is 38.3. The largest absolute Gasteiger partial charge is 0.433 e. The summed E-state index contributed by atoms with van der Waals surface area (Å²) in [5, 5.41) is 5.41. The molecule has 0 fully saturated rings. The van der Waals surface area contributed by atoms with Crippen LogP contribution in [0.2, 0.25) is 0 Å². The first-order valence-corrected chi connectivity index (χ1v) is 7.82. The minimum Gasteiger partial charge on any atom is -0.326 e. The zero-order chi connectivity index (χ0) is 19.4. The van der Waals surface area contributed by atoms with E-state index < -0.39 is 11.9 Å². The molecule has 0 radical (unpaired) electrons. The van der Waals surface area contributed by atoms with E-state index in [9.17, 15) is 18.0 Å². The van der Waals surface area contributed by atoms with E-state index in [-0.39, 0.29) is 11.7 Å². The van der Waals surface area contributed by atoms with Gasteiger partial charge in [-0.1, -0.05) is 18.2 Å². The molecule has 0 spiro atoms. The van der Waals surface area contributed by atoms with Crippen molar-refractivity contribution in [3.05, 3.63) is 60.6 Å². The second-order valence-corrected chi connectivity index (χ2v) is 5.58. The third kappa shape index (κ3) is 4.78. The Morgan fingerprint density at radius 1 is 1.00 bits per heavy atom. The highest BCUT2D eigenvalue weighted by Gasteiger charge is 2.32. The van der Waals surface area contributed by atoms with Crippen LogP contribution in [0.15, 0.2) is 54.9 Å². The first-order valence-electron chi connectivity index (χ1n) is 7.82. The molecule has 0 unspecified atom stereocenters. The average molecular weight is 373 g/mol. The van der Waals surface area contributed by atoms with Crippen LogP contribution in [0.25, 0.3) is 11.3 Å². The number of carbonyl (C=O) groups is 1. The van der Waals surface area contributed by atoms with Gasteiger partial charge in [-0.05, 0) is 24.3 Å². The lowest BCUT2D eigenvalue weighted by molar-refractivity contribution is -0.141. The molecule has 0 aliphatic heterocycles. The van der Waals surface area contributed by atoms with Crippen molar-refractivity contribution in [2.24, 2.45) is 0 Å². The topological polar surface area (TPSA) is 79.8 Å². The van der Waals surface area contributed by atoms with Gasteiger partial charge < -0.3 is 10.6 Å². The number of hydrogen-bond donors (Lipinski definition) is 2. The zero-order valence-electron chi connectivity index (χ0n) is 14.1. The number of rotatable bonds is 4. The Labute approximate surface area is 152 Å². The van der Waals surface area contributed by atoms with Crippen molar-refractivity contribution in [1.29, 1.82) is 0 Å². The summed E-state index contributed by atoms with van der Waals surface area (Å²) in [6.45, 7) is 1.41. The Balaban J connectivity index is 1.81. The molecule has 138 valence electrons. The Morgan fingerprint density at radius 2 is 1.74 bits per heavy atom. The van der Waals surface area contributed by atoms with Gasteiger partial charge in [0.1, 0.15) is 23.7 Å². The van der Waals surface area contributed by atoms with Gasteiger partial charge >= 0.3 is 6.18 Å². The van der Waals surface area contributed by atoms with Crippen LogP contribution in [0.5, 0.6) is 0 Å². The summed E-state index contributed by atoms with van der Waals surface area (Å²) >= 11 is 0. The number of aromatic nitrogens is 3. The number of anilines is 3. The number of halogens is 3. The molecule has 3 aromatic rings. The molecular weight excluding hydrogens is 359 g/mol. The van der Waals surface area contributed by atoms with Gasteiger partial charge in [-0.3, -0.25) is 4.79 Å². The van der Waals surface area contributed by atoms with Crippen molar-refractivity contribution < 1.29 is 18.0 Å². The van der Waals surface area contributed by atoms with Crippen molar-refractivity contribution in [3.8, 4) is 11.3 Å². The predicted octanol–water partition coefficient (Wildman–Crippen LogP) is 4.26. The van der Waals surface area contributed by atoms with Gasteiger partial charge in [-0.15, -0.1) is 0 Å². The van der Waals surface area contributed by atoms with E-state index in [1.54, 1.807) is 30.3 Å². The highest BCUT2D eigenvalue weighted by Crippen LogP contribution is 2.29. The second-order valence-electron chi connectivity index (χ2n) is 5.58. The van der Waals surface area contributed by atoms with Crippen molar-refractivity contribution >= 4 is 23.2 Å². The molecule has 0 saturated heterocycles. The van der Waals surface area contributed by atoms with E-state index in [1.807, 2.05) is 0 Å². The summed E-state index contributed by atoms with van der Waals surface area (Å²) in [5.41, 5.74) is 0.975. The molecule has 1 amide bonds. The van der Waals surface area contributed by atoms with Gasteiger partial charge in [0.05, 0.1) is 5.69 Å². The van der Waals surface area contributed by atoms with Gasteiger partial charge in [-0.25, -0.2) is 15.0 Å². The van der Waals surface area contributed by atoms with Crippen molar-refractivity contribution in [2.45, 2.75) is 13.1 Å². The van der Waals surface area contributed by atoms with Gasteiger partial charge in [0.15, 0.2) is 0 Å². The van der Waals surface area contributed by atoms with E-state index in [0.717, 1.165) is 11.6 Å². The molecule has 0 saturated carbocycles. The molecule has 2 heterocycles. The van der Waals surface area contributed by atoms with Crippen LogP contribution in [0, 0.1) is 0 Å². The first-order chi connectivity index (χ1) is 12.8. The molecule has 2 N–H and O–H groups in total. The molecule has 1 aromatic carbocycles. The van der Waals surface area contributed by atoms with Gasteiger partial charge in [0, 0.05) is 24.2 Å². The molecule has 2 aromatic heterocycles. The lowest BCUT2D eigenvalue weighted by atomic mass is 10.1. The van der Waals surface area contributed by atoms with E-state index >= 15 is 0 Å². The maximum atomic E-state index is 12.8.